The van der Waals surface area contributed by atoms with Gasteiger partial charge in [0.15, 0.2) is 6.79 Å². The lowest BCUT2D eigenvalue weighted by atomic mass is 10.5. The van der Waals surface area contributed by atoms with Crippen LogP contribution in [0.25, 0.3) is 0 Å². The molecule has 1 aliphatic rings. The van der Waals surface area contributed by atoms with Crippen molar-refractivity contribution in [3.63, 3.8) is 0 Å². The molecule has 6 nitrogen and oxygen atoms in total. The molecule has 0 aromatic carbocycles. The minimum Gasteiger partial charge on any atom is -0.497 e. The summed E-state index contributed by atoms with van der Waals surface area (Å²) < 4.78 is 22.7. The largest absolute Gasteiger partial charge is 0.497 e. The number of pyridine rings is 1. The second kappa shape index (κ2) is 5.07. The van der Waals surface area contributed by atoms with Gasteiger partial charge in [0, 0.05) is 12.4 Å². The van der Waals surface area contributed by atoms with Crippen molar-refractivity contribution in [3.05, 3.63) is 24.5 Å². The average Bonchev–Trinajstić information content (AvgIpc) is 2.18. The summed E-state index contributed by atoms with van der Waals surface area (Å²) in [7, 11) is -1.83. The quantitative estimate of drug-likeness (QED) is 0.714. The molecule has 1 N–H and O–H groups in total. The molecule has 7 heteroatoms. The molecule has 0 aliphatic carbocycles. The van der Waals surface area contributed by atoms with Crippen molar-refractivity contribution in [1.82, 2.24) is 4.98 Å². The Balaban J connectivity index is 0.000000146. The van der Waals surface area contributed by atoms with E-state index in [0.717, 1.165) is 5.75 Å². The van der Waals surface area contributed by atoms with Crippen LogP contribution in [0.5, 0.6) is 5.75 Å². The number of rotatable bonds is 1. The monoisotopic (exact) mass is 219 g/mol. The van der Waals surface area contributed by atoms with Crippen LogP contribution in [0.4, 0.5) is 0 Å². The predicted octanol–water partition coefficient (Wildman–Crippen LogP) is 1.18. The Kier molecular flexibility index (Phi) is 4.03. The third-order valence-electron chi connectivity index (χ3n) is 1.32. The van der Waals surface area contributed by atoms with Gasteiger partial charge in [0.1, 0.15) is 5.75 Å². The molecule has 1 aliphatic heterocycles. The zero-order valence-electron chi connectivity index (χ0n) is 7.49. The first-order valence-electron chi connectivity index (χ1n) is 3.70. The summed E-state index contributed by atoms with van der Waals surface area (Å²) in [5.41, 5.74) is 0. The van der Waals surface area contributed by atoms with Gasteiger partial charge < -0.3 is 9.63 Å². The van der Waals surface area contributed by atoms with Crippen LogP contribution in [0, 0.1) is 0 Å². The molecule has 0 spiro atoms. The number of ether oxygens (including phenoxy) is 1. The summed E-state index contributed by atoms with van der Waals surface area (Å²) in [6, 6.07) is 3.61. The summed E-state index contributed by atoms with van der Waals surface area (Å²) in [5.74, 6) is 0.847. The normalized spacial score (nSPS) is 17.3. The van der Waals surface area contributed by atoms with Crippen LogP contribution < -0.4 is 4.74 Å². The van der Waals surface area contributed by atoms with Gasteiger partial charge in [0.25, 0.3) is 0 Å². The van der Waals surface area contributed by atoms with E-state index in [1.54, 1.807) is 31.6 Å². The standard InChI is InChI=1S/C6H7NO.CH3O4P/c1-8-6-2-4-7-5-3-6;2-6(3)4-1-5-6/h2-5H,1H3;1H2,(H,2,3). The smallest absolute Gasteiger partial charge is 0.476 e. The molecule has 2 rings (SSSR count). The first-order chi connectivity index (χ1) is 6.64. The number of hydrogen-bond acceptors (Lipinski definition) is 5. The summed E-state index contributed by atoms with van der Waals surface area (Å²) in [6.45, 7) is -0.0478. The van der Waals surface area contributed by atoms with Gasteiger partial charge in [-0.25, -0.2) is 4.57 Å². The summed E-state index contributed by atoms with van der Waals surface area (Å²) in [5, 5.41) is 0. The number of phosphoric ester groups is 1. The Hall–Kier alpha value is -0.940. The van der Waals surface area contributed by atoms with Gasteiger partial charge in [-0.15, -0.1) is 0 Å². The van der Waals surface area contributed by atoms with Crippen molar-refractivity contribution >= 4 is 7.82 Å². The fourth-order valence-corrected chi connectivity index (χ4v) is 0.903. The van der Waals surface area contributed by atoms with Crippen molar-refractivity contribution in [2.45, 2.75) is 0 Å². The van der Waals surface area contributed by atoms with Gasteiger partial charge in [0.05, 0.1) is 7.11 Å². The van der Waals surface area contributed by atoms with Gasteiger partial charge >= 0.3 is 7.82 Å². The first-order valence-corrected chi connectivity index (χ1v) is 5.19. The lowest BCUT2D eigenvalue weighted by Gasteiger charge is -2.18. The van der Waals surface area contributed by atoms with Crippen molar-refractivity contribution in [1.29, 1.82) is 0 Å². The van der Waals surface area contributed by atoms with Crippen LogP contribution >= 0.6 is 7.82 Å². The first kappa shape index (κ1) is 11.1. The Morgan fingerprint density at radius 3 is 2.21 bits per heavy atom. The Morgan fingerprint density at radius 2 is 2.00 bits per heavy atom. The van der Waals surface area contributed by atoms with Gasteiger partial charge in [-0.2, -0.15) is 0 Å². The number of methoxy groups -OCH3 is 1. The molecule has 14 heavy (non-hydrogen) atoms. The fraction of sp³-hybridized carbons (Fsp3) is 0.286. The van der Waals surface area contributed by atoms with Crippen molar-refractivity contribution < 1.29 is 23.2 Å². The lowest BCUT2D eigenvalue weighted by molar-refractivity contribution is -0.0265. The molecular formula is C7H10NO5P. The molecule has 0 bridgehead atoms. The highest BCUT2D eigenvalue weighted by atomic mass is 31.2. The van der Waals surface area contributed by atoms with E-state index in [2.05, 4.69) is 14.0 Å². The molecule has 0 saturated carbocycles. The Labute approximate surface area is 81.1 Å². The van der Waals surface area contributed by atoms with E-state index in [4.69, 9.17) is 9.63 Å². The van der Waals surface area contributed by atoms with Gasteiger partial charge in [-0.3, -0.25) is 14.0 Å². The van der Waals surface area contributed by atoms with Crippen LogP contribution in [-0.4, -0.2) is 23.8 Å². The maximum atomic E-state index is 9.78. The maximum absolute atomic E-state index is 9.78. The second-order valence-corrected chi connectivity index (χ2v) is 3.69. The van der Waals surface area contributed by atoms with E-state index in [0.29, 0.717) is 0 Å². The van der Waals surface area contributed by atoms with E-state index < -0.39 is 7.82 Å². The topological polar surface area (TPSA) is 77.9 Å². The zero-order valence-corrected chi connectivity index (χ0v) is 8.39. The van der Waals surface area contributed by atoms with Crippen LogP contribution in [-0.2, 0) is 13.6 Å². The second-order valence-electron chi connectivity index (χ2n) is 2.23. The highest BCUT2D eigenvalue weighted by Crippen LogP contribution is 2.50. The van der Waals surface area contributed by atoms with Gasteiger partial charge in [-0.05, 0) is 12.1 Å². The number of nitrogens with zero attached hydrogens (tertiary/aromatic N) is 1. The molecule has 1 saturated heterocycles. The van der Waals surface area contributed by atoms with E-state index in [1.165, 1.54) is 0 Å². The summed E-state index contributed by atoms with van der Waals surface area (Å²) in [6.07, 6.45) is 3.39. The van der Waals surface area contributed by atoms with Gasteiger partial charge in [-0.1, -0.05) is 0 Å². The van der Waals surface area contributed by atoms with E-state index in [-0.39, 0.29) is 6.79 Å². The minimum atomic E-state index is -3.47. The number of hydrogen-bond donors (Lipinski definition) is 1. The third kappa shape index (κ3) is 3.85. The highest BCUT2D eigenvalue weighted by Gasteiger charge is 2.30. The zero-order chi connectivity index (χ0) is 10.4. The Morgan fingerprint density at radius 1 is 1.50 bits per heavy atom. The van der Waals surface area contributed by atoms with E-state index in [9.17, 15) is 4.57 Å². The van der Waals surface area contributed by atoms with Crippen molar-refractivity contribution in [2.75, 3.05) is 13.9 Å². The minimum absolute atomic E-state index is 0.0478. The van der Waals surface area contributed by atoms with Crippen LogP contribution in [0.15, 0.2) is 24.5 Å². The molecule has 0 amide bonds. The number of phosphoric acid groups is 1. The highest BCUT2D eigenvalue weighted by molar-refractivity contribution is 7.48. The van der Waals surface area contributed by atoms with Gasteiger partial charge in [0.2, 0.25) is 0 Å². The lowest BCUT2D eigenvalue weighted by Crippen LogP contribution is -2.08. The van der Waals surface area contributed by atoms with Crippen LogP contribution in [0.3, 0.4) is 0 Å². The predicted molar refractivity (Wildman–Crippen MR) is 47.7 cm³/mol. The summed E-state index contributed by atoms with van der Waals surface area (Å²) in [4.78, 5) is 11.8. The van der Waals surface area contributed by atoms with Crippen LogP contribution in [0.1, 0.15) is 0 Å². The average molecular weight is 219 g/mol. The van der Waals surface area contributed by atoms with Crippen molar-refractivity contribution in [3.8, 4) is 5.75 Å². The molecule has 1 aromatic rings. The van der Waals surface area contributed by atoms with Crippen LogP contribution in [0.2, 0.25) is 0 Å². The molecule has 1 aromatic heterocycles. The molecule has 2 heterocycles. The SMILES string of the molecule is COc1ccncc1.O=P1(O)OCO1. The molecule has 78 valence electrons. The molecule has 0 radical (unpaired) electrons. The fourth-order valence-electron chi connectivity index (χ4n) is 0.617. The third-order valence-corrected chi connectivity index (χ3v) is 2.18. The van der Waals surface area contributed by atoms with Crippen molar-refractivity contribution in [2.24, 2.45) is 0 Å². The molecule has 0 unspecified atom stereocenters. The van der Waals surface area contributed by atoms with E-state index >= 15 is 0 Å². The molecule has 0 atom stereocenters. The molecule has 1 fully saturated rings. The van der Waals surface area contributed by atoms with E-state index in [1.807, 2.05) is 0 Å². The summed E-state index contributed by atoms with van der Waals surface area (Å²) >= 11 is 0. The Bertz CT molecular complexity index is 309. The maximum Gasteiger partial charge on any atom is 0.476 e. The molecular weight excluding hydrogens is 209 g/mol. The number of aromatic nitrogens is 1.